The third kappa shape index (κ3) is 19.1. The first kappa shape index (κ1) is 29.1. The van der Waals surface area contributed by atoms with Crippen molar-refractivity contribution in [3.8, 4) is 0 Å². The van der Waals surface area contributed by atoms with Gasteiger partial charge in [-0.15, -0.1) is 0 Å². The van der Waals surface area contributed by atoms with Crippen molar-refractivity contribution in [2.24, 2.45) is 11.7 Å². The van der Waals surface area contributed by atoms with Gasteiger partial charge in [0.1, 0.15) is 0 Å². The molecule has 0 aliphatic heterocycles. The molecule has 0 saturated carbocycles. The summed E-state index contributed by atoms with van der Waals surface area (Å²) in [7, 11) is -2.17. The molecule has 0 spiro atoms. The molecule has 0 saturated heterocycles. The molecule has 1 atom stereocenters. The van der Waals surface area contributed by atoms with Crippen molar-refractivity contribution in [1.82, 2.24) is 0 Å². The number of hydrogen-bond donors (Lipinski definition) is 4. The minimum atomic E-state index is -2.17. The summed E-state index contributed by atoms with van der Waals surface area (Å²) < 4.78 is 0. The van der Waals surface area contributed by atoms with Gasteiger partial charge in [0.2, 0.25) is 0 Å². The lowest BCUT2D eigenvalue weighted by molar-refractivity contribution is 0.278. The van der Waals surface area contributed by atoms with Gasteiger partial charge >= 0.3 is 7.32 Å². The Morgan fingerprint density at radius 3 is 1.57 bits per heavy atom. The molecule has 0 aromatic heterocycles. The molecule has 4 nitrogen and oxygen atoms in total. The molecule has 0 radical (unpaired) electrons. The Morgan fingerprint density at radius 2 is 1.17 bits per heavy atom. The van der Waals surface area contributed by atoms with Crippen molar-refractivity contribution >= 4 is 7.32 Å². The van der Waals surface area contributed by atoms with Gasteiger partial charge in [-0.05, 0) is 38.2 Å². The summed E-state index contributed by atoms with van der Waals surface area (Å²) in [5.41, 5.74) is 7.80. The molecule has 1 aromatic carbocycles. The van der Waals surface area contributed by atoms with Crippen molar-refractivity contribution in [2.75, 3.05) is 0 Å². The highest BCUT2D eigenvalue weighted by Crippen LogP contribution is 2.25. The number of benzene rings is 1. The monoisotopic (exact) mass is 421 g/mol. The predicted molar refractivity (Wildman–Crippen MR) is 130 cm³/mol. The van der Waals surface area contributed by atoms with Crippen LogP contribution in [0.2, 0.25) is 0 Å². The first-order valence-corrected chi connectivity index (χ1v) is 12.1. The molecule has 174 valence electrons. The van der Waals surface area contributed by atoms with Crippen LogP contribution in [0.5, 0.6) is 0 Å². The van der Waals surface area contributed by atoms with Crippen LogP contribution in [-0.2, 0) is 6.42 Å². The smallest absolute Gasteiger partial charge is 0.402 e. The van der Waals surface area contributed by atoms with Crippen LogP contribution >= 0.6 is 0 Å². The second kappa shape index (κ2) is 18.9. The van der Waals surface area contributed by atoms with Gasteiger partial charge < -0.3 is 20.8 Å². The van der Waals surface area contributed by atoms with E-state index in [-0.39, 0.29) is 5.54 Å². The summed E-state index contributed by atoms with van der Waals surface area (Å²) in [6, 6.07) is 10.8. The largest absolute Gasteiger partial charge is 0.631 e. The third-order valence-corrected chi connectivity index (χ3v) is 5.78. The maximum atomic E-state index is 7.17. The van der Waals surface area contributed by atoms with Crippen LogP contribution < -0.4 is 5.73 Å². The lowest BCUT2D eigenvalue weighted by atomic mass is 9.80. The molecule has 0 heterocycles. The summed E-state index contributed by atoms with van der Waals surface area (Å²) in [5, 5.41) is 21.5. The van der Waals surface area contributed by atoms with Crippen LogP contribution in [-0.4, -0.2) is 27.9 Å². The molecule has 0 bridgehead atoms. The van der Waals surface area contributed by atoms with Gasteiger partial charge in [-0.3, -0.25) is 0 Å². The Kier molecular flexibility index (Phi) is 18.3. The first-order valence-electron chi connectivity index (χ1n) is 12.1. The van der Waals surface area contributed by atoms with Gasteiger partial charge in [-0.25, -0.2) is 0 Å². The van der Waals surface area contributed by atoms with Crippen LogP contribution in [0.4, 0.5) is 0 Å². The summed E-state index contributed by atoms with van der Waals surface area (Å²) in [6.07, 6.45) is 19.3. The topological polar surface area (TPSA) is 86.7 Å². The molecule has 0 aliphatic rings. The van der Waals surface area contributed by atoms with E-state index in [2.05, 4.69) is 51.1 Å². The van der Waals surface area contributed by atoms with Crippen LogP contribution in [0, 0.1) is 5.92 Å². The van der Waals surface area contributed by atoms with Gasteiger partial charge in [-0.2, -0.15) is 0 Å². The average molecular weight is 421 g/mol. The highest BCUT2D eigenvalue weighted by molar-refractivity contribution is 6.30. The van der Waals surface area contributed by atoms with Gasteiger partial charge in [0.15, 0.2) is 0 Å². The predicted octanol–water partition coefficient (Wildman–Crippen LogP) is 5.62. The van der Waals surface area contributed by atoms with E-state index in [1.807, 2.05) is 0 Å². The zero-order chi connectivity index (χ0) is 22.7. The summed E-state index contributed by atoms with van der Waals surface area (Å²) in [6.45, 7) is 6.68. The van der Waals surface area contributed by atoms with Crippen LogP contribution in [0.25, 0.3) is 0 Å². The lowest BCUT2D eigenvalue weighted by Crippen LogP contribution is -2.42. The second-order valence-electron chi connectivity index (χ2n) is 9.23. The minimum absolute atomic E-state index is 0.0897. The molecule has 1 aromatic rings. The van der Waals surface area contributed by atoms with E-state index in [0.29, 0.717) is 5.92 Å². The fourth-order valence-electron chi connectivity index (χ4n) is 3.87. The Labute approximate surface area is 186 Å². The van der Waals surface area contributed by atoms with Crippen LogP contribution in [0.3, 0.4) is 0 Å². The van der Waals surface area contributed by atoms with Gasteiger partial charge in [-0.1, -0.05) is 114 Å². The van der Waals surface area contributed by atoms with Crippen molar-refractivity contribution < 1.29 is 15.1 Å². The Bertz CT molecular complexity index is 474. The van der Waals surface area contributed by atoms with Crippen LogP contribution in [0.15, 0.2) is 30.3 Å². The number of unbranched alkanes of at least 4 members (excludes halogenated alkanes) is 11. The molecule has 5 heteroatoms. The van der Waals surface area contributed by atoms with Crippen LogP contribution in [0.1, 0.15) is 110 Å². The van der Waals surface area contributed by atoms with Crippen molar-refractivity contribution in [3.63, 3.8) is 0 Å². The fraction of sp³-hybridized carbons (Fsp3) is 0.760. The van der Waals surface area contributed by atoms with Gasteiger partial charge in [0.05, 0.1) is 0 Å². The standard InChI is InChI=1S/C25H45N.BH3O3/c1-4-5-6-7-8-9-10-11-12-13-14-18-21-24(25(2,3)26)22-23-19-16-15-17-20-23;2-1(3)4/h15-17,19-20,24H,4-14,18,21-22,26H2,1-3H3;2-4H. The molecule has 0 aliphatic carbocycles. The first-order chi connectivity index (χ1) is 14.3. The van der Waals surface area contributed by atoms with E-state index in [4.69, 9.17) is 20.8 Å². The van der Waals surface area contributed by atoms with E-state index in [9.17, 15) is 0 Å². The number of rotatable bonds is 16. The third-order valence-electron chi connectivity index (χ3n) is 5.78. The van der Waals surface area contributed by atoms with Crippen molar-refractivity contribution in [2.45, 2.75) is 116 Å². The Morgan fingerprint density at radius 1 is 0.767 bits per heavy atom. The Hall–Kier alpha value is -0.875. The molecule has 1 rings (SSSR count). The molecule has 5 N–H and O–H groups in total. The molecular weight excluding hydrogens is 373 g/mol. The fourth-order valence-corrected chi connectivity index (χ4v) is 3.87. The molecule has 0 fully saturated rings. The minimum Gasteiger partial charge on any atom is -0.402 e. The van der Waals surface area contributed by atoms with E-state index >= 15 is 0 Å². The number of nitrogens with two attached hydrogens (primary N) is 1. The van der Waals surface area contributed by atoms with Crippen molar-refractivity contribution in [3.05, 3.63) is 35.9 Å². The zero-order valence-corrected chi connectivity index (χ0v) is 19.9. The normalized spacial score (nSPS) is 12.2. The van der Waals surface area contributed by atoms with Crippen molar-refractivity contribution in [1.29, 1.82) is 0 Å². The SMILES string of the molecule is CCCCCCCCCCCCCCC(Cc1ccccc1)C(C)(C)N.OB(O)O. The molecule has 0 amide bonds. The highest BCUT2D eigenvalue weighted by atomic mass is 16.5. The molecule has 30 heavy (non-hydrogen) atoms. The van der Waals surface area contributed by atoms with E-state index in [1.54, 1.807) is 0 Å². The lowest BCUT2D eigenvalue weighted by Gasteiger charge is -2.31. The van der Waals surface area contributed by atoms with E-state index < -0.39 is 7.32 Å². The van der Waals surface area contributed by atoms with Gasteiger partial charge in [0.25, 0.3) is 0 Å². The van der Waals surface area contributed by atoms with E-state index in [1.165, 1.54) is 89.0 Å². The maximum Gasteiger partial charge on any atom is 0.631 e. The Balaban J connectivity index is 0.00000192. The summed E-state index contributed by atoms with van der Waals surface area (Å²) >= 11 is 0. The summed E-state index contributed by atoms with van der Waals surface area (Å²) in [5.74, 6) is 0.577. The maximum absolute atomic E-state index is 7.17. The zero-order valence-electron chi connectivity index (χ0n) is 19.9. The van der Waals surface area contributed by atoms with E-state index in [0.717, 1.165) is 6.42 Å². The molecule has 1 unspecified atom stereocenters. The number of hydrogen-bond acceptors (Lipinski definition) is 4. The quantitative estimate of drug-likeness (QED) is 0.206. The second-order valence-corrected chi connectivity index (χ2v) is 9.23. The highest BCUT2D eigenvalue weighted by Gasteiger charge is 2.24. The molecular formula is C25H48BNO3. The summed E-state index contributed by atoms with van der Waals surface area (Å²) in [4.78, 5) is 0. The van der Waals surface area contributed by atoms with Gasteiger partial charge in [0, 0.05) is 5.54 Å². The average Bonchev–Trinajstić information content (AvgIpc) is 2.67.